The fourth-order valence-corrected chi connectivity index (χ4v) is 2.22. The van der Waals surface area contributed by atoms with Crippen LogP contribution in [0.1, 0.15) is 12.8 Å². The number of ether oxygens (including phenoxy) is 1. The van der Waals surface area contributed by atoms with Gasteiger partial charge in [-0.15, -0.1) is 0 Å². The molecule has 0 bridgehead atoms. The molecular formula is C14H20N4O4. The van der Waals surface area contributed by atoms with Crippen LogP contribution >= 0.6 is 0 Å². The van der Waals surface area contributed by atoms with Crippen molar-refractivity contribution in [3.63, 3.8) is 0 Å². The van der Waals surface area contributed by atoms with Gasteiger partial charge in [-0.3, -0.25) is 14.9 Å². The molecule has 1 amide bonds. The maximum Gasteiger partial charge on any atom is 0.269 e. The molecule has 0 aliphatic carbocycles. The van der Waals surface area contributed by atoms with Gasteiger partial charge < -0.3 is 21.1 Å². The van der Waals surface area contributed by atoms with Gasteiger partial charge in [0.1, 0.15) is 0 Å². The van der Waals surface area contributed by atoms with Gasteiger partial charge in [0.05, 0.1) is 10.5 Å². The Bertz CT molecular complexity index is 526. The number of nitro benzene ring substituents is 1. The van der Waals surface area contributed by atoms with Crippen LogP contribution in [0.2, 0.25) is 0 Å². The number of carbonyl (C=O) groups excluding carboxylic acids is 1. The molecule has 1 aromatic rings. The third-order valence-corrected chi connectivity index (χ3v) is 3.66. The zero-order valence-electron chi connectivity index (χ0n) is 12.2. The molecule has 8 nitrogen and oxygen atoms in total. The minimum atomic E-state index is -0.842. The summed E-state index contributed by atoms with van der Waals surface area (Å²) in [6.45, 7) is 1.95. The molecule has 0 unspecified atom stereocenters. The number of hydrogen-bond donors (Lipinski definition) is 3. The molecule has 120 valence electrons. The summed E-state index contributed by atoms with van der Waals surface area (Å²) in [5, 5.41) is 16.4. The molecule has 0 aromatic heterocycles. The average Bonchev–Trinajstić information content (AvgIpc) is 2.52. The van der Waals surface area contributed by atoms with Crippen molar-refractivity contribution in [2.45, 2.75) is 18.4 Å². The monoisotopic (exact) mass is 308 g/mol. The molecule has 1 fully saturated rings. The molecule has 0 atom stereocenters. The van der Waals surface area contributed by atoms with E-state index in [1.807, 2.05) is 0 Å². The second-order valence-corrected chi connectivity index (χ2v) is 5.26. The summed E-state index contributed by atoms with van der Waals surface area (Å²) in [6.07, 6.45) is 1.04. The molecule has 1 saturated heterocycles. The molecule has 22 heavy (non-hydrogen) atoms. The Morgan fingerprint density at radius 3 is 2.50 bits per heavy atom. The lowest BCUT2D eigenvalue weighted by Gasteiger charge is -2.31. The van der Waals surface area contributed by atoms with Gasteiger partial charge in [-0.25, -0.2) is 0 Å². The van der Waals surface area contributed by atoms with Gasteiger partial charge in [-0.2, -0.15) is 0 Å². The molecule has 4 N–H and O–H groups in total. The van der Waals surface area contributed by atoms with E-state index >= 15 is 0 Å². The lowest BCUT2D eigenvalue weighted by Crippen LogP contribution is -2.57. The Morgan fingerprint density at radius 2 is 1.91 bits per heavy atom. The summed E-state index contributed by atoms with van der Waals surface area (Å²) in [4.78, 5) is 22.2. The van der Waals surface area contributed by atoms with Crippen molar-refractivity contribution in [1.29, 1.82) is 0 Å². The summed E-state index contributed by atoms with van der Waals surface area (Å²) in [7, 11) is 0. The average molecular weight is 308 g/mol. The predicted molar refractivity (Wildman–Crippen MR) is 81.6 cm³/mol. The number of nitro groups is 1. The van der Waals surface area contributed by atoms with Crippen LogP contribution in [-0.4, -0.2) is 42.7 Å². The highest BCUT2D eigenvalue weighted by atomic mass is 16.6. The maximum atomic E-state index is 12.1. The fraction of sp³-hybridized carbons (Fsp3) is 0.500. The van der Waals surface area contributed by atoms with Gasteiger partial charge in [0.15, 0.2) is 0 Å². The lowest BCUT2D eigenvalue weighted by molar-refractivity contribution is -0.384. The van der Waals surface area contributed by atoms with E-state index in [0.29, 0.717) is 39.1 Å². The van der Waals surface area contributed by atoms with E-state index in [4.69, 9.17) is 10.5 Å². The van der Waals surface area contributed by atoms with Gasteiger partial charge in [-0.05, 0) is 25.0 Å². The van der Waals surface area contributed by atoms with Crippen LogP contribution in [-0.2, 0) is 9.53 Å². The van der Waals surface area contributed by atoms with Crippen molar-refractivity contribution in [3.8, 4) is 0 Å². The van der Waals surface area contributed by atoms with E-state index in [-0.39, 0.29) is 11.6 Å². The highest BCUT2D eigenvalue weighted by Crippen LogP contribution is 2.17. The standard InChI is InChI=1S/C14H20N4O4/c15-14(5-9-22-10-6-14)13(19)17-8-7-16-11-1-3-12(4-2-11)18(20)21/h1-4,16H,5-10,15H2,(H,17,19). The van der Waals surface area contributed by atoms with Crippen molar-refractivity contribution in [2.75, 3.05) is 31.6 Å². The van der Waals surface area contributed by atoms with Gasteiger partial charge in [0.2, 0.25) is 5.91 Å². The summed E-state index contributed by atoms with van der Waals surface area (Å²) in [6, 6.07) is 6.11. The lowest BCUT2D eigenvalue weighted by atomic mass is 9.90. The minimum Gasteiger partial charge on any atom is -0.383 e. The predicted octanol–water partition coefficient (Wildman–Crippen LogP) is 0.631. The number of nitrogens with zero attached hydrogens (tertiary/aromatic N) is 1. The molecule has 1 heterocycles. The van der Waals surface area contributed by atoms with Crippen molar-refractivity contribution >= 4 is 17.3 Å². The van der Waals surface area contributed by atoms with Crippen LogP contribution in [0.4, 0.5) is 11.4 Å². The highest BCUT2D eigenvalue weighted by molar-refractivity contribution is 5.86. The Kier molecular flexibility index (Phi) is 5.29. The number of benzene rings is 1. The van der Waals surface area contributed by atoms with Crippen LogP contribution < -0.4 is 16.4 Å². The SMILES string of the molecule is NC1(C(=O)NCCNc2ccc([N+](=O)[O-])cc2)CCOCC1. The van der Waals surface area contributed by atoms with Crippen LogP contribution in [0.25, 0.3) is 0 Å². The summed E-state index contributed by atoms with van der Waals surface area (Å²) in [5.74, 6) is -0.165. The number of nitrogens with two attached hydrogens (primary N) is 1. The van der Waals surface area contributed by atoms with E-state index in [0.717, 1.165) is 5.69 Å². The second kappa shape index (κ2) is 7.19. The Balaban J connectivity index is 1.72. The van der Waals surface area contributed by atoms with Gasteiger partial charge in [0, 0.05) is 44.1 Å². The van der Waals surface area contributed by atoms with E-state index in [1.165, 1.54) is 12.1 Å². The van der Waals surface area contributed by atoms with Crippen molar-refractivity contribution in [1.82, 2.24) is 5.32 Å². The largest absolute Gasteiger partial charge is 0.383 e. The number of nitrogens with one attached hydrogen (secondary N) is 2. The number of amides is 1. The summed E-state index contributed by atoms with van der Waals surface area (Å²) < 4.78 is 5.20. The molecule has 0 saturated carbocycles. The zero-order valence-corrected chi connectivity index (χ0v) is 12.2. The first-order valence-corrected chi connectivity index (χ1v) is 7.14. The molecule has 2 rings (SSSR count). The second-order valence-electron chi connectivity index (χ2n) is 5.26. The summed E-state index contributed by atoms with van der Waals surface area (Å²) >= 11 is 0. The van der Waals surface area contributed by atoms with Crippen LogP contribution in [0.5, 0.6) is 0 Å². The van der Waals surface area contributed by atoms with Crippen molar-refractivity contribution in [3.05, 3.63) is 34.4 Å². The Morgan fingerprint density at radius 1 is 1.27 bits per heavy atom. The zero-order chi connectivity index (χ0) is 16.0. The third-order valence-electron chi connectivity index (χ3n) is 3.66. The smallest absolute Gasteiger partial charge is 0.269 e. The number of non-ortho nitro benzene ring substituents is 1. The molecule has 1 aliphatic heterocycles. The molecule has 0 spiro atoms. The first-order chi connectivity index (χ1) is 10.5. The van der Waals surface area contributed by atoms with Crippen molar-refractivity contribution < 1.29 is 14.5 Å². The molecule has 0 radical (unpaired) electrons. The first-order valence-electron chi connectivity index (χ1n) is 7.14. The van der Waals surface area contributed by atoms with Crippen LogP contribution in [0, 0.1) is 10.1 Å². The minimum absolute atomic E-state index is 0.0449. The van der Waals surface area contributed by atoms with E-state index in [9.17, 15) is 14.9 Å². The van der Waals surface area contributed by atoms with E-state index in [2.05, 4.69) is 10.6 Å². The highest BCUT2D eigenvalue weighted by Gasteiger charge is 2.35. The topological polar surface area (TPSA) is 120 Å². The van der Waals surface area contributed by atoms with Crippen LogP contribution in [0.15, 0.2) is 24.3 Å². The molecular weight excluding hydrogens is 288 g/mol. The van der Waals surface area contributed by atoms with E-state index < -0.39 is 10.5 Å². The van der Waals surface area contributed by atoms with E-state index in [1.54, 1.807) is 12.1 Å². The van der Waals surface area contributed by atoms with Gasteiger partial charge in [-0.1, -0.05) is 0 Å². The fourth-order valence-electron chi connectivity index (χ4n) is 2.22. The number of rotatable bonds is 6. The number of carbonyl (C=O) groups is 1. The molecule has 8 heteroatoms. The van der Waals surface area contributed by atoms with Gasteiger partial charge >= 0.3 is 0 Å². The first kappa shape index (κ1) is 16.2. The number of hydrogen-bond acceptors (Lipinski definition) is 6. The van der Waals surface area contributed by atoms with Crippen molar-refractivity contribution in [2.24, 2.45) is 5.73 Å². The Labute approximate surface area is 128 Å². The van der Waals surface area contributed by atoms with Crippen LogP contribution in [0.3, 0.4) is 0 Å². The molecule has 1 aliphatic rings. The molecule has 1 aromatic carbocycles. The quantitative estimate of drug-likeness (QED) is 0.403. The normalized spacial score (nSPS) is 16.8. The number of anilines is 1. The van der Waals surface area contributed by atoms with Gasteiger partial charge in [0.25, 0.3) is 5.69 Å². The maximum absolute atomic E-state index is 12.1. The Hall–Kier alpha value is -2.19. The summed E-state index contributed by atoms with van der Waals surface area (Å²) in [5.41, 5.74) is 6.03. The third kappa shape index (κ3) is 4.15.